The Hall–Kier alpha value is -0.480. The molecule has 1 saturated carbocycles. The first-order chi connectivity index (χ1) is 4.34. The van der Waals surface area contributed by atoms with E-state index in [1.165, 1.54) is 0 Å². The Labute approximate surface area is 56.1 Å². The van der Waals surface area contributed by atoms with E-state index < -0.39 is 0 Å². The molecule has 1 N–H and O–H groups in total. The van der Waals surface area contributed by atoms with E-state index in [2.05, 4.69) is 5.92 Å². The van der Waals surface area contributed by atoms with Gasteiger partial charge in [0.1, 0.15) is 0 Å². The van der Waals surface area contributed by atoms with Gasteiger partial charge in [0.2, 0.25) is 0 Å². The molecule has 0 heterocycles. The molecule has 1 unspecified atom stereocenters. The number of hydrogen-bond acceptors (Lipinski definition) is 1. The number of aliphatic hydroxyl groups excluding tert-OH is 1. The van der Waals surface area contributed by atoms with Crippen molar-refractivity contribution >= 4 is 0 Å². The van der Waals surface area contributed by atoms with E-state index in [1.807, 2.05) is 0 Å². The summed E-state index contributed by atoms with van der Waals surface area (Å²) in [6, 6.07) is 0. The monoisotopic (exact) mass is 124 g/mol. The van der Waals surface area contributed by atoms with Gasteiger partial charge in [0.05, 0.1) is 6.10 Å². The number of aliphatic hydroxyl groups is 1. The first-order valence-electron chi connectivity index (χ1n) is 3.46. The lowest BCUT2D eigenvalue weighted by molar-refractivity contribution is 0.256. The number of rotatable bonds is 3. The molecule has 1 heteroatoms. The summed E-state index contributed by atoms with van der Waals surface area (Å²) in [6.45, 7) is 0. The highest BCUT2D eigenvalue weighted by Crippen LogP contribution is 2.34. The molecule has 0 aliphatic heterocycles. The van der Waals surface area contributed by atoms with Crippen molar-refractivity contribution in [2.75, 3.05) is 0 Å². The van der Waals surface area contributed by atoms with Gasteiger partial charge in [0.15, 0.2) is 0 Å². The summed E-state index contributed by atoms with van der Waals surface area (Å²) in [7, 11) is 0. The molecule has 2 atom stereocenters. The van der Waals surface area contributed by atoms with Gasteiger partial charge in [0, 0.05) is 6.42 Å². The van der Waals surface area contributed by atoms with Crippen molar-refractivity contribution in [1.82, 2.24) is 0 Å². The largest absolute Gasteiger partial charge is 0.393 e. The SMILES string of the molecule is C#CCCCC1C[C@H]1O. The predicted octanol–water partition coefficient (Wildman–Crippen LogP) is 1.17. The van der Waals surface area contributed by atoms with Gasteiger partial charge in [-0.25, -0.2) is 0 Å². The first kappa shape index (κ1) is 6.64. The van der Waals surface area contributed by atoms with Gasteiger partial charge < -0.3 is 5.11 Å². The van der Waals surface area contributed by atoms with Crippen LogP contribution in [0.3, 0.4) is 0 Å². The molecule has 0 spiro atoms. The fraction of sp³-hybridized carbons (Fsp3) is 0.750. The van der Waals surface area contributed by atoms with E-state index >= 15 is 0 Å². The van der Waals surface area contributed by atoms with E-state index in [4.69, 9.17) is 11.5 Å². The summed E-state index contributed by atoms with van der Waals surface area (Å²) in [4.78, 5) is 0. The maximum absolute atomic E-state index is 8.87. The molecule has 0 aromatic heterocycles. The lowest BCUT2D eigenvalue weighted by atomic mass is 10.2. The minimum atomic E-state index is 0.00257. The molecule has 1 nitrogen and oxygen atoms in total. The highest BCUT2D eigenvalue weighted by Gasteiger charge is 2.33. The lowest BCUT2D eigenvalue weighted by Gasteiger charge is -1.90. The van der Waals surface area contributed by atoms with Crippen LogP contribution in [0.2, 0.25) is 0 Å². The van der Waals surface area contributed by atoms with E-state index in [0.717, 1.165) is 25.7 Å². The summed E-state index contributed by atoms with van der Waals surface area (Å²) < 4.78 is 0. The van der Waals surface area contributed by atoms with Crippen molar-refractivity contribution in [3.8, 4) is 12.3 Å². The molecule has 50 valence electrons. The maximum atomic E-state index is 8.87. The van der Waals surface area contributed by atoms with Crippen LogP contribution in [0, 0.1) is 18.3 Å². The van der Waals surface area contributed by atoms with Crippen LogP contribution < -0.4 is 0 Å². The second-order valence-electron chi connectivity index (χ2n) is 2.66. The van der Waals surface area contributed by atoms with E-state index in [0.29, 0.717) is 5.92 Å². The van der Waals surface area contributed by atoms with Crippen LogP contribution in [0.25, 0.3) is 0 Å². The summed E-state index contributed by atoms with van der Waals surface area (Å²) >= 11 is 0. The smallest absolute Gasteiger partial charge is 0.0573 e. The van der Waals surface area contributed by atoms with Crippen molar-refractivity contribution in [1.29, 1.82) is 0 Å². The fourth-order valence-corrected chi connectivity index (χ4v) is 1.01. The Balaban J connectivity index is 1.90. The normalized spacial score (nSPS) is 31.6. The van der Waals surface area contributed by atoms with Crippen LogP contribution in [0.15, 0.2) is 0 Å². The highest BCUT2D eigenvalue weighted by atomic mass is 16.3. The third-order valence-corrected chi connectivity index (χ3v) is 1.78. The van der Waals surface area contributed by atoms with Crippen molar-refractivity contribution in [3.63, 3.8) is 0 Å². The van der Waals surface area contributed by atoms with Crippen molar-refractivity contribution < 1.29 is 5.11 Å². The van der Waals surface area contributed by atoms with Crippen LogP contribution in [0.4, 0.5) is 0 Å². The number of terminal acetylenes is 1. The lowest BCUT2D eigenvalue weighted by Crippen LogP contribution is -1.84. The maximum Gasteiger partial charge on any atom is 0.0573 e. The molecule has 0 aromatic rings. The average Bonchev–Trinajstić information content (AvgIpc) is 2.48. The second kappa shape index (κ2) is 2.89. The first-order valence-corrected chi connectivity index (χ1v) is 3.46. The Kier molecular flexibility index (Phi) is 2.13. The summed E-state index contributed by atoms with van der Waals surface area (Å²) in [5, 5.41) is 8.87. The Morgan fingerprint density at radius 3 is 2.78 bits per heavy atom. The van der Waals surface area contributed by atoms with Crippen LogP contribution in [0.1, 0.15) is 25.7 Å². The summed E-state index contributed by atoms with van der Waals surface area (Å²) in [6.07, 6.45) is 9.13. The third-order valence-electron chi connectivity index (χ3n) is 1.78. The zero-order chi connectivity index (χ0) is 6.69. The van der Waals surface area contributed by atoms with E-state index in [9.17, 15) is 0 Å². The predicted molar refractivity (Wildman–Crippen MR) is 36.8 cm³/mol. The zero-order valence-corrected chi connectivity index (χ0v) is 5.51. The Bertz CT molecular complexity index is 123. The van der Waals surface area contributed by atoms with Gasteiger partial charge in [-0.2, -0.15) is 0 Å². The van der Waals surface area contributed by atoms with Gasteiger partial charge in [-0.3, -0.25) is 0 Å². The highest BCUT2D eigenvalue weighted by molar-refractivity contribution is 4.88. The van der Waals surface area contributed by atoms with Crippen molar-refractivity contribution in [2.24, 2.45) is 5.92 Å². The van der Waals surface area contributed by atoms with Crippen LogP contribution in [-0.2, 0) is 0 Å². The molecular weight excluding hydrogens is 112 g/mol. The minimum Gasteiger partial charge on any atom is -0.393 e. The molecule has 0 aromatic carbocycles. The van der Waals surface area contributed by atoms with Gasteiger partial charge in [-0.1, -0.05) is 0 Å². The van der Waals surface area contributed by atoms with Gasteiger partial charge in [0.25, 0.3) is 0 Å². The molecule has 1 fully saturated rings. The molecule has 0 radical (unpaired) electrons. The standard InChI is InChI=1S/C8H12O/c1-2-3-4-5-7-6-8(7)9/h1,7-9H,3-6H2/t7?,8-/m1/s1. The van der Waals surface area contributed by atoms with Crippen LogP contribution >= 0.6 is 0 Å². The molecule has 0 amide bonds. The van der Waals surface area contributed by atoms with E-state index in [1.54, 1.807) is 0 Å². The Morgan fingerprint density at radius 1 is 1.67 bits per heavy atom. The second-order valence-corrected chi connectivity index (χ2v) is 2.66. The topological polar surface area (TPSA) is 20.2 Å². The van der Waals surface area contributed by atoms with Crippen LogP contribution in [0.5, 0.6) is 0 Å². The number of hydrogen-bond donors (Lipinski definition) is 1. The zero-order valence-electron chi connectivity index (χ0n) is 5.51. The molecule has 9 heavy (non-hydrogen) atoms. The minimum absolute atomic E-state index is 0.00257. The molecule has 0 saturated heterocycles. The van der Waals surface area contributed by atoms with Crippen molar-refractivity contribution in [3.05, 3.63) is 0 Å². The molecule has 0 bridgehead atoms. The van der Waals surface area contributed by atoms with Gasteiger partial charge >= 0.3 is 0 Å². The third kappa shape index (κ3) is 2.07. The summed E-state index contributed by atoms with van der Waals surface area (Å²) in [5.74, 6) is 3.17. The average molecular weight is 124 g/mol. The van der Waals surface area contributed by atoms with Gasteiger partial charge in [-0.15, -0.1) is 12.3 Å². The molecule has 1 rings (SSSR count). The Morgan fingerprint density at radius 2 is 2.33 bits per heavy atom. The van der Waals surface area contributed by atoms with E-state index in [-0.39, 0.29) is 6.10 Å². The molecule has 1 aliphatic rings. The van der Waals surface area contributed by atoms with Crippen LogP contribution in [-0.4, -0.2) is 11.2 Å². The van der Waals surface area contributed by atoms with Crippen molar-refractivity contribution in [2.45, 2.75) is 31.8 Å². The summed E-state index contributed by atoms with van der Waals surface area (Å²) in [5.41, 5.74) is 0. The fourth-order valence-electron chi connectivity index (χ4n) is 1.01. The number of unbranched alkanes of at least 4 members (excludes halogenated alkanes) is 1. The van der Waals surface area contributed by atoms with Gasteiger partial charge in [-0.05, 0) is 25.2 Å². The quantitative estimate of drug-likeness (QED) is 0.442. The molecular formula is C8H12O. The molecule has 1 aliphatic carbocycles.